The molecule has 2 atom stereocenters. The molecule has 0 spiro atoms. The summed E-state index contributed by atoms with van der Waals surface area (Å²) in [4.78, 5) is 0. The third-order valence-electron chi connectivity index (χ3n) is 3.17. The quantitative estimate of drug-likeness (QED) is 0.397. The average molecular weight is 473 g/mol. The SMILES string of the molecule is CCC(O)COC[Si](C)(O[Si](C)(C)C)O[Si](C)(C)O[Si](C)(C)O[Si](C)(C)C. The summed E-state index contributed by atoms with van der Waals surface area (Å²) in [5.74, 6) is 0. The first-order valence-electron chi connectivity index (χ1n) is 9.85. The van der Waals surface area contributed by atoms with Gasteiger partial charge in [0.1, 0.15) is 0 Å². The topological polar surface area (TPSA) is 66.4 Å². The van der Waals surface area contributed by atoms with Gasteiger partial charge in [-0.15, -0.1) is 0 Å². The van der Waals surface area contributed by atoms with Crippen molar-refractivity contribution in [3.05, 3.63) is 0 Å². The Hall–Kier alpha value is 0.844. The lowest BCUT2D eigenvalue weighted by atomic mass is 10.3. The predicted octanol–water partition coefficient (Wildman–Crippen LogP) is 4.52. The second-order valence-electron chi connectivity index (χ2n) is 10.1. The van der Waals surface area contributed by atoms with Crippen LogP contribution in [0.3, 0.4) is 0 Å². The van der Waals surface area contributed by atoms with E-state index in [0.29, 0.717) is 19.3 Å². The Balaban J connectivity index is 5.20. The zero-order valence-corrected chi connectivity index (χ0v) is 24.7. The molecule has 0 amide bonds. The van der Waals surface area contributed by atoms with Crippen LogP contribution in [0.4, 0.5) is 0 Å². The van der Waals surface area contributed by atoms with Crippen LogP contribution in [0.1, 0.15) is 13.3 Å². The van der Waals surface area contributed by atoms with Crippen LogP contribution in [0.25, 0.3) is 0 Å². The highest BCUT2D eigenvalue weighted by Crippen LogP contribution is 2.26. The van der Waals surface area contributed by atoms with E-state index in [1.807, 2.05) is 6.92 Å². The Morgan fingerprint density at radius 1 is 0.667 bits per heavy atom. The molecule has 0 saturated heterocycles. The van der Waals surface area contributed by atoms with Gasteiger partial charge in [0.2, 0.25) is 0 Å². The van der Waals surface area contributed by atoms with Crippen molar-refractivity contribution < 1.29 is 26.3 Å². The molecule has 0 fully saturated rings. The summed E-state index contributed by atoms with van der Waals surface area (Å²) in [5.41, 5.74) is 0. The van der Waals surface area contributed by atoms with Crippen LogP contribution in [0.15, 0.2) is 0 Å². The van der Waals surface area contributed by atoms with Gasteiger partial charge in [-0.3, -0.25) is 0 Å². The van der Waals surface area contributed by atoms with Crippen molar-refractivity contribution in [2.45, 2.75) is 91.5 Å². The first-order chi connectivity index (χ1) is 11.8. The van der Waals surface area contributed by atoms with Gasteiger partial charge in [0.05, 0.1) is 18.9 Å². The highest BCUT2D eigenvalue weighted by Gasteiger charge is 2.47. The van der Waals surface area contributed by atoms with E-state index in [1.54, 1.807) is 0 Å². The van der Waals surface area contributed by atoms with Gasteiger partial charge in [0.15, 0.2) is 16.6 Å². The number of hydrogen-bond acceptors (Lipinski definition) is 6. The first kappa shape index (κ1) is 27.8. The van der Waals surface area contributed by atoms with Gasteiger partial charge in [0, 0.05) is 0 Å². The van der Waals surface area contributed by atoms with E-state index in [0.717, 1.165) is 0 Å². The smallest absolute Gasteiger partial charge is 0.342 e. The first-order valence-corrected chi connectivity index (χ1v) is 24.8. The molecule has 0 aromatic rings. The number of hydrogen-bond donors (Lipinski definition) is 1. The van der Waals surface area contributed by atoms with Crippen LogP contribution in [0.5, 0.6) is 0 Å². The molecule has 164 valence electrons. The van der Waals surface area contributed by atoms with Crippen molar-refractivity contribution in [3.63, 3.8) is 0 Å². The van der Waals surface area contributed by atoms with Crippen LogP contribution in [-0.4, -0.2) is 66.4 Å². The Morgan fingerprint density at radius 2 is 1.11 bits per heavy atom. The fourth-order valence-electron chi connectivity index (χ4n) is 3.12. The molecule has 27 heavy (non-hydrogen) atoms. The molecule has 0 heterocycles. The van der Waals surface area contributed by atoms with E-state index >= 15 is 0 Å². The predicted molar refractivity (Wildman–Crippen MR) is 125 cm³/mol. The fraction of sp³-hybridized carbons (Fsp3) is 1.00. The van der Waals surface area contributed by atoms with E-state index < -0.39 is 48.4 Å². The lowest BCUT2D eigenvalue weighted by Crippen LogP contribution is -2.61. The Bertz CT molecular complexity index is 450. The fourth-order valence-corrected chi connectivity index (χ4v) is 25.7. The van der Waals surface area contributed by atoms with E-state index in [4.69, 9.17) is 21.2 Å². The molecule has 0 aromatic carbocycles. The van der Waals surface area contributed by atoms with Gasteiger partial charge in [-0.2, -0.15) is 0 Å². The monoisotopic (exact) mass is 472 g/mol. The third-order valence-corrected chi connectivity index (χ3v) is 20.1. The van der Waals surface area contributed by atoms with Crippen LogP contribution in [0, 0.1) is 0 Å². The molecule has 0 bridgehead atoms. The molecule has 0 aliphatic rings. The Kier molecular flexibility index (Phi) is 10.6. The van der Waals surface area contributed by atoms with Crippen molar-refractivity contribution in [1.82, 2.24) is 0 Å². The molecule has 11 heteroatoms. The molecule has 0 aliphatic heterocycles. The minimum Gasteiger partial charge on any atom is -0.437 e. The minimum atomic E-state index is -2.62. The molecule has 0 radical (unpaired) electrons. The van der Waals surface area contributed by atoms with Crippen LogP contribution < -0.4 is 0 Å². The molecule has 0 rings (SSSR count). The summed E-state index contributed by atoms with van der Waals surface area (Å²) in [6.07, 6.45) is 0.615. The standard InChI is InChI=1S/C16H44O6Si5/c1-13-16(17)14-18-15-27(12,20-24(5,6)7)22-26(10,11)21-25(8,9)19-23(2,3)4/h16-17H,13-15H2,1-12H3. The molecular weight excluding hydrogens is 429 g/mol. The van der Waals surface area contributed by atoms with E-state index in [2.05, 4.69) is 72.0 Å². The van der Waals surface area contributed by atoms with Crippen molar-refractivity contribution in [2.75, 3.05) is 12.8 Å². The molecule has 2 unspecified atom stereocenters. The van der Waals surface area contributed by atoms with Gasteiger partial charge >= 0.3 is 25.7 Å². The minimum absolute atomic E-state index is 0.305. The zero-order valence-electron chi connectivity index (χ0n) is 19.7. The molecular formula is C16H44O6Si5. The highest BCUT2D eigenvalue weighted by molar-refractivity contribution is 6.90. The summed E-state index contributed by atoms with van der Waals surface area (Å²) in [5, 5.41) is 9.78. The Morgan fingerprint density at radius 3 is 1.52 bits per heavy atom. The van der Waals surface area contributed by atoms with Crippen LogP contribution >= 0.6 is 0 Å². The van der Waals surface area contributed by atoms with Gasteiger partial charge in [-0.05, 0) is 78.4 Å². The lowest BCUT2D eigenvalue weighted by molar-refractivity contribution is 0.0443. The van der Waals surface area contributed by atoms with Crippen molar-refractivity contribution in [3.8, 4) is 0 Å². The van der Waals surface area contributed by atoms with Crippen LogP contribution in [0.2, 0.25) is 72.0 Å². The molecule has 0 aromatic heterocycles. The number of rotatable bonds is 13. The maximum atomic E-state index is 9.78. The third kappa shape index (κ3) is 14.5. The summed E-state index contributed by atoms with van der Waals surface area (Å²) in [6.45, 7) is 25.6. The van der Waals surface area contributed by atoms with E-state index in [9.17, 15) is 5.11 Å². The van der Waals surface area contributed by atoms with Crippen molar-refractivity contribution in [2.24, 2.45) is 0 Å². The van der Waals surface area contributed by atoms with E-state index in [-0.39, 0.29) is 0 Å². The largest absolute Gasteiger partial charge is 0.437 e. The van der Waals surface area contributed by atoms with Gasteiger partial charge < -0.3 is 26.3 Å². The maximum Gasteiger partial charge on any atom is 0.342 e. The van der Waals surface area contributed by atoms with Gasteiger partial charge in [-0.1, -0.05) is 6.92 Å². The van der Waals surface area contributed by atoms with Crippen LogP contribution in [-0.2, 0) is 21.2 Å². The molecule has 1 N–H and O–H groups in total. The second-order valence-corrected chi connectivity index (χ2v) is 30.0. The normalized spacial score (nSPS) is 17.7. The zero-order chi connectivity index (χ0) is 21.7. The second kappa shape index (κ2) is 10.2. The Labute approximate surface area is 172 Å². The average Bonchev–Trinajstić information content (AvgIpc) is 2.29. The highest BCUT2D eigenvalue weighted by atomic mass is 28.5. The lowest BCUT2D eigenvalue weighted by Gasteiger charge is -2.42. The number of aliphatic hydroxyl groups excluding tert-OH is 1. The summed E-state index contributed by atoms with van der Waals surface area (Å²) < 4.78 is 31.7. The van der Waals surface area contributed by atoms with Crippen molar-refractivity contribution in [1.29, 1.82) is 0 Å². The van der Waals surface area contributed by atoms with Gasteiger partial charge in [0.25, 0.3) is 0 Å². The summed E-state index contributed by atoms with van der Waals surface area (Å²) in [6, 6.07) is 0. The van der Waals surface area contributed by atoms with E-state index in [1.165, 1.54) is 0 Å². The maximum absolute atomic E-state index is 9.78. The number of aliphatic hydroxyl groups is 1. The van der Waals surface area contributed by atoms with Crippen molar-refractivity contribution >= 4 is 42.3 Å². The molecule has 0 saturated carbocycles. The van der Waals surface area contributed by atoms with Gasteiger partial charge in [-0.25, -0.2) is 0 Å². The molecule has 6 nitrogen and oxygen atoms in total. The number of ether oxygens (including phenoxy) is 1. The molecule has 0 aliphatic carbocycles. The summed E-state index contributed by atoms with van der Waals surface area (Å²) in [7, 11) is -10.9. The summed E-state index contributed by atoms with van der Waals surface area (Å²) >= 11 is 0.